The minimum Gasteiger partial charge on any atom is -0.376 e. The van der Waals surface area contributed by atoms with Crippen LogP contribution in [0.2, 0.25) is 0 Å². The lowest BCUT2D eigenvalue weighted by Crippen LogP contribution is -2.28. The Kier molecular flexibility index (Phi) is 6.89. The van der Waals surface area contributed by atoms with Crippen molar-refractivity contribution in [2.45, 2.75) is 17.7 Å². The first-order chi connectivity index (χ1) is 12.3. The molecule has 0 aromatic carbocycles. The highest BCUT2D eigenvalue weighted by Crippen LogP contribution is 2.21. The monoisotopic (exact) mass is 398 g/mol. The summed E-state index contributed by atoms with van der Waals surface area (Å²) in [5.41, 5.74) is 0.897. The number of anilines is 2. The normalized spacial score (nSPS) is 11.2. The summed E-state index contributed by atoms with van der Waals surface area (Å²) in [5.74, 6) is 0.414. The number of hydrogen-bond acceptors (Lipinski definition) is 8. The average molecular weight is 399 g/mol. The third-order valence-corrected chi connectivity index (χ3v) is 6.33. The van der Waals surface area contributed by atoms with Crippen LogP contribution in [0.25, 0.3) is 0 Å². The second-order valence-corrected chi connectivity index (χ2v) is 8.81. The van der Waals surface area contributed by atoms with Crippen LogP contribution in [0.5, 0.6) is 0 Å². The van der Waals surface area contributed by atoms with Crippen molar-refractivity contribution in [2.75, 3.05) is 37.4 Å². The van der Waals surface area contributed by atoms with Crippen LogP contribution < -0.4 is 20.3 Å². The van der Waals surface area contributed by atoms with E-state index in [1.165, 1.54) is 13.0 Å². The van der Waals surface area contributed by atoms with Crippen LogP contribution in [-0.2, 0) is 21.4 Å². The molecule has 0 unspecified atom stereocenters. The quantitative estimate of drug-likeness (QED) is 0.531. The first-order valence-electron chi connectivity index (χ1n) is 7.84. The number of carbonyl (C=O) groups excluding carboxylic acids is 1. The van der Waals surface area contributed by atoms with Gasteiger partial charge in [0.25, 0.3) is 0 Å². The molecular formula is C15H22N6O3S2. The number of carbonyl (C=O) groups is 1. The molecule has 3 N–H and O–H groups in total. The fraction of sp³-hybridized carbons (Fsp3) is 0.400. The van der Waals surface area contributed by atoms with E-state index in [-0.39, 0.29) is 16.7 Å². The molecule has 2 aromatic rings. The molecule has 11 heteroatoms. The molecule has 2 rings (SSSR count). The molecule has 1 amide bonds. The van der Waals surface area contributed by atoms with Gasteiger partial charge in [-0.1, -0.05) is 0 Å². The highest BCUT2D eigenvalue weighted by Gasteiger charge is 2.16. The lowest BCUT2D eigenvalue weighted by molar-refractivity contribution is -0.119. The van der Waals surface area contributed by atoms with Crippen molar-refractivity contribution in [1.29, 1.82) is 0 Å². The highest BCUT2D eigenvalue weighted by molar-refractivity contribution is 7.91. The number of sulfonamides is 1. The second-order valence-electron chi connectivity index (χ2n) is 5.65. The van der Waals surface area contributed by atoms with Gasteiger partial charge in [-0.2, -0.15) is 5.10 Å². The van der Waals surface area contributed by atoms with Crippen LogP contribution in [0.3, 0.4) is 0 Å². The molecule has 0 aliphatic rings. The van der Waals surface area contributed by atoms with E-state index in [1.807, 2.05) is 25.1 Å². The molecular weight excluding hydrogens is 376 g/mol. The maximum Gasteiger partial charge on any atom is 0.250 e. The standard InChI is InChI=1S/C15H22N6O3S2/c1-11(22)17-10-13-4-5-15(25-13)26(23,24)19-7-6-16-14-8-12(21(2)3)9-18-20-14/h4-5,8-9,19H,6-7,10H2,1-3H3,(H,16,20)(H,17,22). The second kappa shape index (κ2) is 8.92. The summed E-state index contributed by atoms with van der Waals surface area (Å²) in [6.07, 6.45) is 1.64. The Bertz CT molecular complexity index is 851. The van der Waals surface area contributed by atoms with E-state index >= 15 is 0 Å². The molecule has 0 aliphatic carbocycles. The molecule has 0 saturated carbocycles. The van der Waals surface area contributed by atoms with Crippen LogP contribution in [0.15, 0.2) is 28.6 Å². The van der Waals surface area contributed by atoms with Crippen molar-refractivity contribution >= 4 is 38.8 Å². The van der Waals surface area contributed by atoms with Gasteiger partial charge in [0.2, 0.25) is 15.9 Å². The van der Waals surface area contributed by atoms with E-state index in [2.05, 4.69) is 25.6 Å². The predicted molar refractivity (Wildman–Crippen MR) is 102 cm³/mol. The van der Waals surface area contributed by atoms with Crippen molar-refractivity contribution in [3.05, 3.63) is 29.3 Å². The van der Waals surface area contributed by atoms with Crippen LogP contribution >= 0.6 is 11.3 Å². The molecule has 0 atom stereocenters. The Balaban J connectivity index is 1.84. The SMILES string of the molecule is CC(=O)NCc1ccc(S(=O)(=O)NCCNc2cc(N(C)C)cnn2)s1. The van der Waals surface area contributed by atoms with Crippen molar-refractivity contribution in [2.24, 2.45) is 0 Å². The fourth-order valence-corrected chi connectivity index (χ4v) is 4.32. The third kappa shape index (κ3) is 5.93. The van der Waals surface area contributed by atoms with Gasteiger partial charge in [-0.3, -0.25) is 4.79 Å². The topological polar surface area (TPSA) is 116 Å². The van der Waals surface area contributed by atoms with E-state index < -0.39 is 10.0 Å². The Morgan fingerprint density at radius 2 is 2.04 bits per heavy atom. The highest BCUT2D eigenvalue weighted by atomic mass is 32.2. The largest absolute Gasteiger partial charge is 0.376 e. The van der Waals surface area contributed by atoms with Crippen molar-refractivity contribution in [3.8, 4) is 0 Å². The summed E-state index contributed by atoms with van der Waals surface area (Å²) in [7, 11) is 0.215. The molecule has 0 fully saturated rings. The Hall–Kier alpha value is -2.24. The van der Waals surface area contributed by atoms with Crippen LogP contribution in [0, 0.1) is 0 Å². The van der Waals surface area contributed by atoms with E-state index in [0.717, 1.165) is 21.9 Å². The molecule has 26 heavy (non-hydrogen) atoms. The zero-order chi connectivity index (χ0) is 19.2. The van der Waals surface area contributed by atoms with Gasteiger partial charge in [0.15, 0.2) is 5.82 Å². The van der Waals surface area contributed by atoms with Gasteiger partial charge in [0.1, 0.15) is 4.21 Å². The molecule has 0 spiro atoms. The summed E-state index contributed by atoms with van der Waals surface area (Å²) in [5, 5.41) is 13.5. The molecule has 0 radical (unpaired) electrons. The van der Waals surface area contributed by atoms with Crippen molar-refractivity contribution < 1.29 is 13.2 Å². The average Bonchev–Trinajstić information content (AvgIpc) is 3.07. The van der Waals surface area contributed by atoms with Crippen LogP contribution in [0.1, 0.15) is 11.8 Å². The molecule has 0 bridgehead atoms. The van der Waals surface area contributed by atoms with Gasteiger partial charge in [-0.05, 0) is 12.1 Å². The Labute approximate surface area is 156 Å². The zero-order valence-electron chi connectivity index (χ0n) is 14.8. The maximum atomic E-state index is 12.3. The molecule has 9 nitrogen and oxygen atoms in total. The Morgan fingerprint density at radius 1 is 1.27 bits per heavy atom. The maximum absolute atomic E-state index is 12.3. The zero-order valence-corrected chi connectivity index (χ0v) is 16.4. The van der Waals surface area contributed by atoms with E-state index in [0.29, 0.717) is 18.9 Å². The minimum absolute atomic E-state index is 0.159. The number of rotatable bonds is 9. The number of thiophene rings is 1. The van der Waals surface area contributed by atoms with Gasteiger partial charge < -0.3 is 15.5 Å². The molecule has 2 aromatic heterocycles. The van der Waals surface area contributed by atoms with E-state index in [9.17, 15) is 13.2 Å². The van der Waals surface area contributed by atoms with Gasteiger partial charge >= 0.3 is 0 Å². The summed E-state index contributed by atoms with van der Waals surface area (Å²) in [6.45, 7) is 2.31. The smallest absolute Gasteiger partial charge is 0.250 e. The van der Waals surface area contributed by atoms with E-state index in [4.69, 9.17) is 0 Å². The van der Waals surface area contributed by atoms with Gasteiger partial charge in [-0.15, -0.1) is 16.4 Å². The predicted octanol–water partition coefficient (Wildman–Crippen LogP) is 0.631. The van der Waals surface area contributed by atoms with Crippen LogP contribution in [-0.4, -0.2) is 51.7 Å². The lowest BCUT2D eigenvalue weighted by atomic mass is 10.4. The van der Waals surface area contributed by atoms with Gasteiger partial charge in [0.05, 0.1) is 18.4 Å². The lowest BCUT2D eigenvalue weighted by Gasteiger charge is -2.12. The fourth-order valence-electron chi connectivity index (χ4n) is 1.94. The number of amides is 1. The van der Waals surface area contributed by atoms with Crippen molar-refractivity contribution in [1.82, 2.24) is 20.2 Å². The van der Waals surface area contributed by atoms with Crippen LogP contribution in [0.4, 0.5) is 11.5 Å². The molecule has 2 heterocycles. The number of aromatic nitrogens is 2. The van der Waals surface area contributed by atoms with Crippen molar-refractivity contribution in [3.63, 3.8) is 0 Å². The summed E-state index contributed by atoms with van der Waals surface area (Å²) in [6, 6.07) is 5.05. The number of hydrogen-bond donors (Lipinski definition) is 3. The van der Waals surface area contributed by atoms with Gasteiger partial charge in [-0.25, -0.2) is 13.1 Å². The summed E-state index contributed by atoms with van der Waals surface area (Å²) < 4.78 is 27.3. The molecule has 0 aliphatic heterocycles. The number of nitrogens with one attached hydrogen (secondary N) is 3. The Morgan fingerprint density at radius 3 is 2.73 bits per heavy atom. The van der Waals surface area contributed by atoms with E-state index in [1.54, 1.807) is 12.3 Å². The van der Waals surface area contributed by atoms with Gasteiger partial charge in [0, 0.05) is 45.1 Å². The first kappa shape index (κ1) is 20.1. The summed E-state index contributed by atoms with van der Waals surface area (Å²) in [4.78, 5) is 13.6. The first-order valence-corrected chi connectivity index (χ1v) is 10.1. The molecule has 0 saturated heterocycles. The molecule has 142 valence electrons. The summed E-state index contributed by atoms with van der Waals surface area (Å²) >= 11 is 1.13. The number of nitrogens with zero attached hydrogens (tertiary/aromatic N) is 3. The third-order valence-electron chi connectivity index (χ3n) is 3.29. The minimum atomic E-state index is -3.58.